The summed E-state index contributed by atoms with van der Waals surface area (Å²) in [4.78, 5) is 12.0. The third kappa shape index (κ3) is 1.95. The fourth-order valence-electron chi connectivity index (χ4n) is 2.40. The molecule has 0 atom stereocenters. The lowest BCUT2D eigenvalue weighted by atomic mass is 9.97. The van der Waals surface area contributed by atoms with E-state index in [1.807, 2.05) is 62.4 Å². The summed E-state index contributed by atoms with van der Waals surface area (Å²) >= 11 is 0. The first-order valence-corrected chi connectivity index (χ1v) is 6.26. The summed E-state index contributed by atoms with van der Waals surface area (Å²) in [5.41, 5.74) is 4.67. The molecule has 2 aromatic rings. The van der Waals surface area contributed by atoms with Crippen LogP contribution in [0.4, 0.5) is 0 Å². The number of esters is 1. The predicted octanol–water partition coefficient (Wildman–Crippen LogP) is 3.97. The number of ether oxygens (including phenoxy) is 1. The number of hydrogen-bond donors (Lipinski definition) is 0. The molecule has 0 saturated heterocycles. The first kappa shape index (κ1) is 11.7. The van der Waals surface area contributed by atoms with Crippen molar-refractivity contribution in [2.24, 2.45) is 0 Å². The van der Waals surface area contributed by atoms with Crippen LogP contribution in [-0.4, -0.2) is 5.97 Å². The lowest BCUT2D eigenvalue weighted by Crippen LogP contribution is -1.97. The summed E-state index contributed by atoms with van der Waals surface area (Å²) in [6.45, 7) is 3.93. The summed E-state index contributed by atoms with van der Waals surface area (Å²) in [7, 11) is 0. The zero-order chi connectivity index (χ0) is 13.4. The Morgan fingerprint density at radius 3 is 2.21 bits per heavy atom. The van der Waals surface area contributed by atoms with Crippen molar-refractivity contribution in [3.8, 4) is 0 Å². The number of carbonyl (C=O) groups is 1. The molecular weight excluding hydrogens is 236 g/mol. The number of aryl methyl sites for hydroxylation is 2. The molecule has 0 fully saturated rings. The SMILES string of the molecule is Cc1ccc(C)c2c1C(=O)OC2=Cc1ccccc1. The number of benzene rings is 2. The maximum Gasteiger partial charge on any atom is 0.344 e. The number of hydrogen-bond acceptors (Lipinski definition) is 2. The van der Waals surface area contributed by atoms with Crippen LogP contribution in [0.3, 0.4) is 0 Å². The summed E-state index contributed by atoms with van der Waals surface area (Å²) < 4.78 is 5.42. The van der Waals surface area contributed by atoms with Gasteiger partial charge in [0.1, 0.15) is 5.76 Å². The van der Waals surface area contributed by atoms with Gasteiger partial charge in [-0.1, -0.05) is 42.5 Å². The van der Waals surface area contributed by atoms with Crippen molar-refractivity contribution in [1.29, 1.82) is 0 Å². The molecule has 1 aliphatic heterocycles. The fourth-order valence-corrected chi connectivity index (χ4v) is 2.40. The lowest BCUT2D eigenvalue weighted by molar-refractivity contribution is 0.0716. The van der Waals surface area contributed by atoms with Gasteiger partial charge in [-0.3, -0.25) is 0 Å². The van der Waals surface area contributed by atoms with Crippen LogP contribution in [0, 0.1) is 13.8 Å². The van der Waals surface area contributed by atoms with Crippen molar-refractivity contribution in [2.45, 2.75) is 13.8 Å². The maximum absolute atomic E-state index is 12.0. The van der Waals surface area contributed by atoms with Crippen LogP contribution in [0.15, 0.2) is 42.5 Å². The van der Waals surface area contributed by atoms with Gasteiger partial charge < -0.3 is 4.74 Å². The van der Waals surface area contributed by atoms with Gasteiger partial charge in [-0.25, -0.2) is 4.79 Å². The zero-order valence-electron chi connectivity index (χ0n) is 10.9. The first-order valence-electron chi connectivity index (χ1n) is 6.26. The summed E-state index contributed by atoms with van der Waals surface area (Å²) in [6, 6.07) is 13.9. The highest BCUT2D eigenvalue weighted by molar-refractivity contribution is 6.07. The van der Waals surface area contributed by atoms with Gasteiger partial charge in [0.25, 0.3) is 0 Å². The molecule has 0 saturated carbocycles. The van der Waals surface area contributed by atoms with Crippen LogP contribution in [0.25, 0.3) is 11.8 Å². The molecule has 1 heterocycles. The third-order valence-electron chi connectivity index (χ3n) is 3.37. The van der Waals surface area contributed by atoms with E-state index in [4.69, 9.17) is 4.74 Å². The molecule has 19 heavy (non-hydrogen) atoms. The van der Waals surface area contributed by atoms with E-state index in [-0.39, 0.29) is 5.97 Å². The van der Waals surface area contributed by atoms with Crippen LogP contribution < -0.4 is 0 Å². The van der Waals surface area contributed by atoms with E-state index in [0.717, 1.165) is 22.3 Å². The number of cyclic esters (lactones) is 1. The van der Waals surface area contributed by atoms with Crippen LogP contribution in [0.5, 0.6) is 0 Å². The van der Waals surface area contributed by atoms with E-state index in [0.29, 0.717) is 11.3 Å². The highest BCUT2D eigenvalue weighted by Crippen LogP contribution is 2.35. The van der Waals surface area contributed by atoms with Crippen LogP contribution in [0.2, 0.25) is 0 Å². The Hall–Kier alpha value is -2.35. The smallest absolute Gasteiger partial charge is 0.344 e. The van der Waals surface area contributed by atoms with Gasteiger partial charge in [0.05, 0.1) is 5.56 Å². The Labute approximate surface area is 112 Å². The molecule has 0 radical (unpaired) electrons. The first-order chi connectivity index (χ1) is 9.16. The Morgan fingerprint density at radius 2 is 1.53 bits per heavy atom. The molecule has 2 aromatic carbocycles. The van der Waals surface area contributed by atoms with Gasteiger partial charge in [-0.05, 0) is 36.6 Å². The van der Waals surface area contributed by atoms with E-state index in [1.54, 1.807) is 0 Å². The molecule has 1 aliphatic rings. The molecule has 0 amide bonds. The largest absolute Gasteiger partial charge is 0.422 e. The van der Waals surface area contributed by atoms with Crippen molar-refractivity contribution in [3.05, 3.63) is 70.3 Å². The minimum absolute atomic E-state index is 0.251. The number of carbonyl (C=O) groups excluding carboxylic acids is 1. The fraction of sp³-hybridized carbons (Fsp3) is 0.118. The van der Waals surface area contributed by atoms with E-state index >= 15 is 0 Å². The second kappa shape index (κ2) is 4.39. The Bertz CT molecular complexity index is 682. The molecule has 0 aliphatic carbocycles. The van der Waals surface area contributed by atoms with Gasteiger partial charge >= 0.3 is 5.97 Å². The summed E-state index contributed by atoms with van der Waals surface area (Å²) in [5, 5.41) is 0. The quantitative estimate of drug-likeness (QED) is 0.716. The second-order valence-electron chi connectivity index (χ2n) is 4.76. The number of fused-ring (bicyclic) bond motifs is 1. The average Bonchev–Trinajstić information content (AvgIpc) is 2.73. The highest BCUT2D eigenvalue weighted by atomic mass is 16.5. The molecule has 2 heteroatoms. The Morgan fingerprint density at radius 1 is 0.895 bits per heavy atom. The Balaban J connectivity index is 2.18. The highest BCUT2D eigenvalue weighted by Gasteiger charge is 2.29. The molecule has 3 rings (SSSR count). The van der Waals surface area contributed by atoms with E-state index in [9.17, 15) is 4.79 Å². The molecule has 0 N–H and O–H groups in total. The molecule has 0 spiro atoms. The molecule has 94 valence electrons. The Kier molecular flexibility index (Phi) is 2.71. The van der Waals surface area contributed by atoms with Crippen molar-refractivity contribution >= 4 is 17.8 Å². The molecule has 0 unspecified atom stereocenters. The van der Waals surface area contributed by atoms with Gasteiger partial charge in [0.15, 0.2) is 0 Å². The van der Waals surface area contributed by atoms with Gasteiger partial charge in [-0.2, -0.15) is 0 Å². The van der Waals surface area contributed by atoms with Crippen LogP contribution in [-0.2, 0) is 4.74 Å². The van der Waals surface area contributed by atoms with Crippen LogP contribution in [0.1, 0.15) is 32.6 Å². The van der Waals surface area contributed by atoms with Crippen molar-refractivity contribution in [2.75, 3.05) is 0 Å². The lowest BCUT2D eigenvalue weighted by Gasteiger charge is -2.04. The molecular formula is C17H14O2. The third-order valence-corrected chi connectivity index (χ3v) is 3.37. The minimum Gasteiger partial charge on any atom is -0.422 e. The topological polar surface area (TPSA) is 26.3 Å². The van der Waals surface area contributed by atoms with Gasteiger partial charge in [0, 0.05) is 5.56 Å². The van der Waals surface area contributed by atoms with Crippen molar-refractivity contribution < 1.29 is 9.53 Å². The van der Waals surface area contributed by atoms with Crippen molar-refractivity contribution in [3.63, 3.8) is 0 Å². The average molecular weight is 250 g/mol. The van der Waals surface area contributed by atoms with E-state index in [1.165, 1.54) is 0 Å². The van der Waals surface area contributed by atoms with E-state index in [2.05, 4.69) is 0 Å². The maximum atomic E-state index is 12.0. The minimum atomic E-state index is -0.251. The van der Waals surface area contributed by atoms with Crippen LogP contribution >= 0.6 is 0 Å². The normalized spacial score (nSPS) is 15.5. The zero-order valence-corrected chi connectivity index (χ0v) is 10.9. The van der Waals surface area contributed by atoms with Gasteiger partial charge in [0.2, 0.25) is 0 Å². The second-order valence-corrected chi connectivity index (χ2v) is 4.76. The van der Waals surface area contributed by atoms with E-state index < -0.39 is 0 Å². The van der Waals surface area contributed by atoms with Crippen molar-refractivity contribution in [1.82, 2.24) is 0 Å². The summed E-state index contributed by atoms with van der Waals surface area (Å²) in [6.07, 6.45) is 1.91. The molecule has 0 bridgehead atoms. The summed E-state index contributed by atoms with van der Waals surface area (Å²) in [5.74, 6) is 0.394. The molecule has 0 aromatic heterocycles. The number of rotatable bonds is 1. The predicted molar refractivity (Wildman–Crippen MR) is 75.6 cm³/mol. The standard InChI is InChI=1S/C17H14O2/c1-11-8-9-12(2)16-15(11)14(19-17(16)18)10-13-6-4-3-5-7-13/h3-10H,1-2H3. The molecule has 2 nitrogen and oxygen atoms in total. The monoisotopic (exact) mass is 250 g/mol. The van der Waals surface area contributed by atoms with Gasteiger partial charge in [-0.15, -0.1) is 0 Å².